The van der Waals surface area contributed by atoms with Crippen LogP contribution in [0.1, 0.15) is 6.42 Å². The van der Waals surface area contributed by atoms with Gasteiger partial charge in [0.15, 0.2) is 6.61 Å². The number of nitrogens with one attached hydrogen (secondary N) is 1. The predicted molar refractivity (Wildman–Crippen MR) is 119 cm³/mol. The molecule has 1 N–H and O–H groups in total. The Morgan fingerprint density at radius 3 is 2.63 bits per heavy atom. The lowest BCUT2D eigenvalue weighted by atomic mass is 10.2. The first-order valence-electron chi connectivity index (χ1n) is 10.3. The first-order valence-corrected chi connectivity index (χ1v) is 10.3. The topological polar surface area (TPSA) is 57.4 Å². The van der Waals surface area contributed by atoms with E-state index in [0.717, 1.165) is 36.2 Å². The molecule has 6 heteroatoms. The minimum atomic E-state index is -0.108. The minimum absolute atomic E-state index is 0.00874. The van der Waals surface area contributed by atoms with Crippen LogP contribution in [-0.2, 0) is 22.6 Å². The summed E-state index contributed by atoms with van der Waals surface area (Å²) in [7, 11) is 1.69. The van der Waals surface area contributed by atoms with Crippen molar-refractivity contribution < 1.29 is 14.3 Å². The fraction of sp³-hybridized carbons (Fsp3) is 0.292. The molecule has 4 aromatic rings. The number of para-hydroxylation sites is 1. The number of nitrogens with zero attached hydrogens (tertiary/aromatic N) is 2. The van der Waals surface area contributed by atoms with Crippen molar-refractivity contribution in [3.63, 3.8) is 0 Å². The highest BCUT2D eigenvalue weighted by Crippen LogP contribution is 2.26. The van der Waals surface area contributed by atoms with E-state index in [1.807, 2.05) is 42.6 Å². The molecule has 2 heterocycles. The minimum Gasteiger partial charge on any atom is -0.483 e. The van der Waals surface area contributed by atoms with Crippen LogP contribution >= 0.6 is 0 Å². The Morgan fingerprint density at radius 1 is 0.933 bits per heavy atom. The van der Waals surface area contributed by atoms with Gasteiger partial charge >= 0.3 is 0 Å². The number of methoxy groups -OCH3 is 1. The van der Waals surface area contributed by atoms with Crippen LogP contribution in [0.3, 0.4) is 0 Å². The van der Waals surface area contributed by atoms with Crippen molar-refractivity contribution >= 4 is 27.7 Å². The molecule has 0 atom stereocenters. The van der Waals surface area contributed by atoms with Crippen molar-refractivity contribution in [1.29, 1.82) is 0 Å². The average Bonchev–Trinajstić information content (AvgIpc) is 3.38. The average molecular weight is 405 g/mol. The molecule has 4 rings (SSSR count). The van der Waals surface area contributed by atoms with Crippen LogP contribution in [-0.4, -0.2) is 41.9 Å². The monoisotopic (exact) mass is 405 g/mol. The van der Waals surface area contributed by atoms with Gasteiger partial charge in [0, 0.05) is 50.0 Å². The number of hydrogen-bond acceptors (Lipinski definition) is 3. The molecule has 6 nitrogen and oxygen atoms in total. The Morgan fingerprint density at radius 2 is 1.73 bits per heavy atom. The van der Waals surface area contributed by atoms with E-state index in [4.69, 9.17) is 9.47 Å². The molecule has 0 fully saturated rings. The molecule has 0 bridgehead atoms. The lowest BCUT2D eigenvalue weighted by Crippen LogP contribution is -2.30. The summed E-state index contributed by atoms with van der Waals surface area (Å²) >= 11 is 0. The fourth-order valence-corrected chi connectivity index (χ4v) is 3.71. The van der Waals surface area contributed by atoms with Crippen molar-refractivity contribution in [2.45, 2.75) is 19.5 Å². The van der Waals surface area contributed by atoms with Gasteiger partial charge in [0.05, 0.1) is 12.1 Å². The predicted octanol–water partition coefficient (Wildman–Crippen LogP) is 3.83. The number of aromatic nitrogens is 2. The number of carbonyl (C=O) groups is 1. The zero-order chi connectivity index (χ0) is 20.8. The molecule has 2 aromatic heterocycles. The molecule has 0 spiro atoms. The lowest BCUT2D eigenvalue weighted by molar-refractivity contribution is -0.123. The number of fused-ring (bicyclic) bond motifs is 2. The highest BCUT2D eigenvalue weighted by Gasteiger charge is 2.09. The molecule has 0 aliphatic rings. The second-order valence-corrected chi connectivity index (χ2v) is 7.25. The first-order chi connectivity index (χ1) is 14.8. The standard InChI is InChI=1S/C24H27N3O3/c1-29-17-16-27-15-11-20-22(27)8-4-9-23(20)30-18-24(28)25-12-5-13-26-14-10-19-6-2-3-7-21(19)26/h2-4,6-11,14-15H,5,12-13,16-18H2,1H3,(H,25,28). The molecule has 2 aromatic carbocycles. The van der Waals surface area contributed by atoms with Crippen LogP contribution in [0, 0.1) is 0 Å². The number of benzene rings is 2. The van der Waals surface area contributed by atoms with Gasteiger partial charge in [-0.25, -0.2) is 0 Å². The van der Waals surface area contributed by atoms with E-state index >= 15 is 0 Å². The maximum atomic E-state index is 12.2. The van der Waals surface area contributed by atoms with Gasteiger partial charge in [-0.1, -0.05) is 24.3 Å². The van der Waals surface area contributed by atoms with Gasteiger partial charge in [0.2, 0.25) is 0 Å². The van der Waals surface area contributed by atoms with Crippen LogP contribution in [0.5, 0.6) is 5.75 Å². The molecule has 0 aliphatic heterocycles. The smallest absolute Gasteiger partial charge is 0.257 e. The SMILES string of the molecule is COCCn1ccc2c(OCC(=O)NCCCn3ccc4ccccc43)cccc21. The molecule has 0 unspecified atom stereocenters. The molecule has 0 saturated carbocycles. The number of carbonyl (C=O) groups excluding carboxylic acids is 1. The van der Waals surface area contributed by atoms with Crippen LogP contribution < -0.4 is 10.1 Å². The molecule has 0 radical (unpaired) electrons. The van der Waals surface area contributed by atoms with Crippen molar-refractivity contribution in [2.24, 2.45) is 0 Å². The third kappa shape index (κ3) is 4.49. The van der Waals surface area contributed by atoms with Gasteiger partial charge in [0.25, 0.3) is 5.91 Å². The van der Waals surface area contributed by atoms with Crippen LogP contribution in [0.15, 0.2) is 67.0 Å². The summed E-state index contributed by atoms with van der Waals surface area (Å²) in [5.74, 6) is 0.612. The van der Waals surface area contributed by atoms with Gasteiger partial charge in [-0.15, -0.1) is 0 Å². The number of amides is 1. The van der Waals surface area contributed by atoms with Gasteiger partial charge in [-0.3, -0.25) is 4.79 Å². The van der Waals surface area contributed by atoms with Gasteiger partial charge in [-0.05, 0) is 42.1 Å². The summed E-state index contributed by atoms with van der Waals surface area (Å²) in [6.45, 7) is 2.92. The highest BCUT2D eigenvalue weighted by atomic mass is 16.5. The van der Waals surface area contributed by atoms with Crippen LogP contribution in [0.2, 0.25) is 0 Å². The first kappa shape index (κ1) is 20.0. The van der Waals surface area contributed by atoms with Gasteiger partial charge in [0.1, 0.15) is 5.75 Å². The summed E-state index contributed by atoms with van der Waals surface area (Å²) < 4.78 is 15.3. The molecule has 0 saturated heterocycles. The number of aryl methyl sites for hydroxylation is 1. The van der Waals surface area contributed by atoms with Crippen molar-refractivity contribution in [3.8, 4) is 5.75 Å². The zero-order valence-electron chi connectivity index (χ0n) is 17.2. The summed E-state index contributed by atoms with van der Waals surface area (Å²) in [4.78, 5) is 12.2. The Bertz CT molecular complexity index is 1130. The summed E-state index contributed by atoms with van der Waals surface area (Å²) in [6.07, 6.45) is 4.97. The van der Waals surface area contributed by atoms with Crippen molar-refractivity contribution in [3.05, 3.63) is 67.0 Å². The fourth-order valence-electron chi connectivity index (χ4n) is 3.71. The molecule has 1 amide bonds. The van der Waals surface area contributed by atoms with E-state index in [2.05, 4.69) is 38.8 Å². The van der Waals surface area contributed by atoms with Crippen molar-refractivity contribution in [2.75, 3.05) is 26.9 Å². The Balaban J connectivity index is 1.25. The maximum Gasteiger partial charge on any atom is 0.257 e. The summed E-state index contributed by atoms with van der Waals surface area (Å²) in [5, 5.41) is 5.18. The third-order valence-corrected chi connectivity index (χ3v) is 5.25. The normalized spacial score (nSPS) is 11.2. The second kappa shape index (κ2) is 9.50. The van der Waals surface area contributed by atoms with Crippen LogP contribution in [0.25, 0.3) is 21.8 Å². The molecule has 30 heavy (non-hydrogen) atoms. The third-order valence-electron chi connectivity index (χ3n) is 5.25. The van der Waals surface area contributed by atoms with Gasteiger partial charge < -0.3 is 23.9 Å². The largest absolute Gasteiger partial charge is 0.483 e. The Labute approximate surface area is 176 Å². The maximum absolute atomic E-state index is 12.2. The van der Waals surface area contributed by atoms with Crippen molar-refractivity contribution in [1.82, 2.24) is 14.5 Å². The van der Waals surface area contributed by atoms with E-state index in [-0.39, 0.29) is 12.5 Å². The highest BCUT2D eigenvalue weighted by molar-refractivity contribution is 5.87. The zero-order valence-corrected chi connectivity index (χ0v) is 17.2. The quantitative estimate of drug-likeness (QED) is 0.408. The summed E-state index contributed by atoms with van der Waals surface area (Å²) in [6, 6.07) is 18.3. The van der Waals surface area contributed by atoms with E-state index < -0.39 is 0 Å². The van der Waals surface area contributed by atoms with E-state index in [0.29, 0.717) is 13.2 Å². The number of rotatable bonds is 10. The van der Waals surface area contributed by atoms with E-state index in [9.17, 15) is 4.79 Å². The Kier molecular flexibility index (Phi) is 6.35. The van der Waals surface area contributed by atoms with Crippen LogP contribution in [0.4, 0.5) is 0 Å². The molecular weight excluding hydrogens is 378 g/mol. The Hall–Kier alpha value is -3.25. The molecular formula is C24H27N3O3. The molecule has 156 valence electrons. The van der Waals surface area contributed by atoms with E-state index in [1.54, 1.807) is 7.11 Å². The second-order valence-electron chi connectivity index (χ2n) is 7.25. The van der Waals surface area contributed by atoms with E-state index in [1.165, 1.54) is 10.9 Å². The summed E-state index contributed by atoms with van der Waals surface area (Å²) in [5.41, 5.74) is 2.29. The van der Waals surface area contributed by atoms with Gasteiger partial charge in [-0.2, -0.15) is 0 Å². The number of hydrogen-bond donors (Lipinski definition) is 1. The lowest BCUT2D eigenvalue weighted by Gasteiger charge is -2.10. The molecule has 0 aliphatic carbocycles. The number of ether oxygens (including phenoxy) is 2.